The monoisotopic (exact) mass is 307 g/mol. The first-order valence-electron chi connectivity index (χ1n) is 6.47. The lowest BCUT2D eigenvalue weighted by molar-refractivity contribution is -0.137. The van der Waals surface area contributed by atoms with Gasteiger partial charge in [-0.25, -0.2) is 4.98 Å². The zero-order valence-electron chi connectivity index (χ0n) is 11.3. The van der Waals surface area contributed by atoms with Crippen molar-refractivity contribution in [3.8, 4) is 0 Å². The summed E-state index contributed by atoms with van der Waals surface area (Å²) in [5.41, 5.74) is -0.829. The molecule has 1 aromatic rings. The van der Waals surface area contributed by atoms with Gasteiger partial charge < -0.3 is 10.2 Å². The molecule has 2 rings (SSSR count). The van der Waals surface area contributed by atoms with Crippen LogP contribution < -0.4 is 5.32 Å². The second kappa shape index (κ2) is 5.77. The van der Waals surface area contributed by atoms with Crippen molar-refractivity contribution in [1.29, 1.82) is 0 Å². The van der Waals surface area contributed by atoms with E-state index in [0.29, 0.717) is 11.9 Å². The van der Waals surface area contributed by atoms with Gasteiger partial charge in [0.15, 0.2) is 0 Å². The first kappa shape index (κ1) is 15.4. The van der Waals surface area contributed by atoms with E-state index < -0.39 is 11.7 Å². The average molecular weight is 308 g/mol. The van der Waals surface area contributed by atoms with Crippen LogP contribution in [0, 0.1) is 0 Å². The predicted octanol–water partition coefficient (Wildman–Crippen LogP) is 3.65. The van der Waals surface area contributed by atoms with Gasteiger partial charge >= 0.3 is 6.18 Å². The first-order chi connectivity index (χ1) is 9.27. The minimum absolute atomic E-state index is 0.00593. The van der Waals surface area contributed by atoms with Crippen LogP contribution in [0.3, 0.4) is 0 Å². The Morgan fingerprint density at radius 3 is 2.70 bits per heavy atom. The zero-order valence-corrected chi connectivity index (χ0v) is 12.1. The molecule has 2 unspecified atom stereocenters. The van der Waals surface area contributed by atoms with Crippen molar-refractivity contribution in [3.63, 3.8) is 0 Å². The molecule has 2 atom stereocenters. The summed E-state index contributed by atoms with van der Waals surface area (Å²) in [4.78, 5) is 6.06. The summed E-state index contributed by atoms with van der Waals surface area (Å²) >= 11 is 5.88. The minimum Gasteiger partial charge on any atom is -0.366 e. The summed E-state index contributed by atoms with van der Waals surface area (Å²) in [7, 11) is 2.06. The number of likely N-dealkylation sites (tertiary alicyclic amines) is 1. The number of anilines is 1. The van der Waals surface area contributed by atoms with Crippen LogP contribution in [0.15, 0.2) is 12.3 Å². The summed E-state index contributed by atoms with van der Waals surface area (Å²) < 4.78 is 37.6. The van der Waals surface area contributed by atoms with E-state index in [0.717, 1.165) is 31.6 Å². The molecule has 1 aliphatic heterocycles. The number of piperidine rings is 1. The standard InChI is InChI=1S/C13H17ClF3N3/c1-8-5-10(3-4-20(8)2)19-12-11(14)6-9(7-18-12)13(15,16)17/h6-8,10H,3-5H2,1-2H3,(H,18,19). The summed E-state index contributed by atoms with van der Waals surface area (Å²) in [6, 6.07) is 1.52. The fraction of sp³-hybridized carbons (Fsp3) is 0.615. The fourth-order valence-corrected chi connectivity index (χ4v) is 2.53. The quantitative estimate of drug-likeness (QED) is 0.904. The maximum Gasteiger partial charge on any atom is 0.417 e. The largest absolute Gasteiger partial charge is 0.417 e. The van der Waals surface area contributed by atoms with E-state index in [1.165, 1.54) is 0 Å². The predicted molar refractivity (Wildman–Crippen MR) is 73.0 cm³/mol. The molecule has 0 saturated carbocycles. The second-order valence-corrected chi connectivity index (χ2v) is 5.65. The van der Waals surface area contributed by atoms with E-state index in [-0.39, 0.29) is 11.1 Å². The summed E-state index contributed by atoms with van der Waals surface area (Å²) in [6.07, 6.45) is -1.78. The Bertz CT molecular complexity index is 478. The number of hydrogen-bond acceptors (Lipinski definition) is 3. The van der Waals surface area contributed by atoms with E-state index in [1.54, 1.807) is 0 Å². The van der Waals surface area contributed by atoms with Crippen LogP contribution in [0.25, 0.3) is 0 Å². The molecule has 0 bridgehead atoms. The molecule has 0 radical (unpaired) electrons. The average Bonchev–Trinajstić information content (AvgIpc) is 2.35. The lowest BCUT2D eigenvalue weighted by Crippen LogP contribution is -2.42. The highest BCUT2D eigenvalue weighted by Gasteiger charge is 2.32. The van der Waals surface area contributed by atoms with Crippen LogP contribution in [0.1, 0.15) is 25.3 Å². The third kappa shape index (κ3) is 3.55. The van der Waals surface area contributed by atoms with E-state index in [2.05, 4.69) is 29.2 Å². The van der Waals surface area contributed by atoms with Crippen LogP contribution in [-0.4, -0.2) is 35.6 Å². The minimum atomic E-state index is -4.42. The molecule has 112 valence electrons. The molecule has 1 saturated heterocycles. The van der Waals surface area contributed by atoms with Crippen LogP contribution in [0.2, 0.25) is 5.02 Å². The van der Waals surface area contributed by atoms with Gasteiger partial charge in [0.2, 0.25) is 0 Å². The molecular weight excluding hydrogens is 291 g/mol. The number of nitrogens with zero attached hydrogens (tertiary/aromatic N) is 2. The number of nitrogens with one attached hydrogen (secondary N) is 1. The van der Waals surface area contributed by atoms with Crippen molar-refractivity contribution >= 4 is 17.4 Å². The molecule has 1 N–H and O–H groups in total. The molecule has 0 aromatic carbocycles. The SMILES string of the molecule is CC1CC(Nc2ncc(C(F)(F)F)cc2Cl)CCN1C. The number of alkyl halides is 3. The van der Waals surface area contributed by atoms with Crippen molar-refractivity contribution in [3.05, 3.63) is 22.8 Å². The number of halogens is 4. The van der Waals surface area contributed by atoms with Crippen molar-refractivity contribution in [2.75, 3.05) is 18.9 Å². The first-order valence-corrected chi connectivity index (χ1v) is 6.84. The van der Waals surface area contributed by atoms with Gasteiger partial charge in [0, 0.05) is 24.8 Å². The molecule has 20 heavy (non-hydrogen) atoms. The molecule has 0 aliphatic carbocycles. The number of pyridine rings is 1. The van der Waals surface area contributed by atoms with Gasteiger partial charge in [-0.3, -0.25) is 0 Å². The second-order valence-electron chi connectivity index (χ2n) is 5.25. The summed E-state index contributed by atoms with van der Waals surface area (Å²) in [5, 5.41) is 3.15. The van der Waals surface area contributed by atoms with Gasteiger partial charge in [-0.15, -0.1) is 0 Å². The van der Waals surface area contributed by atoms with Gasteiger partial charge in [0.25, 0.3) is 0 Å². The van der Waals surface area contributed by atoms with Crippen molar-refractivity contribution < 1.29 is 13.2 Å². The topological polar surface area (TPSA) is 28.2 Å². The van der Waals surface area contributed by atoms with Gasteiger partial charge in [-0.1, -0.05) is 11.6 Å². The molecule has 7 heteroatoms. The molecule has 0 spiro atoms. The van der Waals surface area contributed by atoms with Crippen LogP contribution in [-0.2, 0) is 6.18 Å². The Morgan fingerprint density at radius 2 is 2.15 bits per heavy atom. The smallest absolute Gasteiger partial charge is 0.366 e. The lowest BCUT2D eigenvalue weighted by atomic mass is 9.99. The number of hydrogen-bond donors (Lipinski definition) is 1. The number of rotatable bonds is 2. The Labute approximate surface area is 121 Å². The Morgan fingerprint density at radius 1 is 1.45 bits per heavy atom. The van der Waals surface area contributed by atoms with E-state index >= 15 is 0 Å². The maximum atomic E-state index is 12.5. The highest BCUT2D eigenvalue weighted by atomic mass is 35.5. The summed E-state index contributed by atoms with van der Waals surface area (Å²) in [5.74, 6) is 0.321. The van der Waals surface area contributed by atoms with Crippen LogP contribution in [0.5, 0.6) is 0 Å². The molecule has 1 aliphatic rings. The lowest BCUT2D eigenvalue weighted by Gasteiger charge is -2.35. The van der Waals surface area contributed by atoms with Gasteiger partial charge in [-0.05, 0) is 32.9 Å². The highest BCUT2D eigenvalue weighted by molar-refractivity contribution is 6.33. The fourth-order valence-electron chi connectivity index (χ4n) is 2.31. The molecule has 2 heterocycles. The Kier molecular flexibility index (Phi) is 4.44. The third-order valence-electron chi connectivity index (χ3n) is 3.72. The third-order valence-corrected chi connectivity index (χ3v) is 4.01. The molecular formula is C13H17ClF3N3. The maximum absolute atomic E-state index is 12.5. The normalized spacial score (nSPS) is 24.7. The van der Waals surface area contributed by atoms with Crippen LogP contribution >= 0.6 is 11.6 Å². The van der Waals surface area contributed by atoms with E-state index in [9.17, 15) is 13.2 Å². The van der Waals surface area contributed by atoms with Gasteiger partial charge in [0.1, 0.15) is 5.82 Å². The van der Waals surface area contributed by atoms with Crippen molar-refractivity contribution in [2.45, 2.75) is 38.0 Å². The molecule has 3 nitrogen and oxygen atoms in total. The van der Waals surface area contributed by atoms with E-state index in [4.69, 9.17) is 11.6 Å². The summed E-state index contributed by atoms with van der Waals surface area (Å²) in [6.45, 7) is 3.06. The Balaban J connectivity index is 2.07. The highest BCUT2D eigenvalue weighted by Crippen LogP contribution is 2.33. The molecule has 0 amide bonds. The van der Waals surface area contributed by atoms with Crippen molar-refractivity contribution in [2.24, 2.45) is 0 Å². The number of aromatic nitrogens is 1. The van der Waals surface area contributed by atoms with Crippen LogP contribution in [0.4, 0.5) is 19.0 Å². The van der Waals surface area contributed by atoms with E-state index in [1.807, 2.05) is 0 Å². The molecule has 1 fully saturated rings. The zero-order chi connectivity index (χ0) is 14.9. The van der Waals surface area contributed by atoms with Gasteiger partial charge in [-0.2, -0.15) is 13.2 Å². The van der Waals surface area contributed by atoms with Crippen molar-refractivity contribution in [1.82, 2.24) is 9.88 Å². The van der Waals surface area contributed by atoms with Gasteiger partial charge in [0.05, 0.1) is 10.6 Å². The Hall–Kier alpha value is -1.01. The molecule has 1 aromatic heterocycles.